The highest BCUT2D eigenvalue weighted by atomic mass is 19.1. The van der Waals surface area contributed by atoms with Crippen molar-refractivity contribution >= 4 is 5.91 Å². The lowest BCUT2D eigenvalue weighted by molar-refractivity contribution is -0.574. The number of carbonyl (C=O) groups is 1. The topological polar surface area (TPSA) is 60.5 Å². The fourth-order valence-corrected chi connectivity index (χ4v) is 7.26. The summed E-state index contributed by atoms with van der Waals surface area (Å²) in [6, 6.07) is 5.78. The van der Waals surface area contributed by atoms with Gasteiger partial charge in [0, 0.05) is 50.0 Å². The quantitative estimate of drug-likeness (QED) is 0.608. The molecule has 1 aromatic carbocycles. The molecule has 34 heavy (non-hydrogen) atoms. The average molecular weight is 475 g/mol. The van der Waals surface area contributed by atoms with Gasteiger partial charge in [0.15, 0.2) is 11.9 Å². The summed E-state index contributed by atoms with van der Waals surface area (Å²) in [5.74, 6) is 0.277. The zero-order chi connectivity index (χ0) is 23.7. The first-order valence-electron chi connectivity index (χ1n) is 12.8. The minimum atomic E-state index is -0.775. The van der Waals surface area contributed by atoms with Crippen LogP contribution in [0.25, 0.3) is 0 Å². The zero-order valence-electron chi connectivity index (χ0n) is 20.2. The van der Waals surface area contributed by atoms with Crippen molar-refractivity contribution in [3.8, 4) is 0 Å². The number of hydrogen-bond donors (Lipinski definition) is 0. The van der Waals surface area contributed by atoms with Crippen LogP contribution in [0, 0.1) is 29.5 Å². The number of fused-ring (bicyclic) bond motifs is 2. The Morgan fingerprint density at radius 1 is 1.00 bits per heavy atom. The summed E-state index contributed by atoms with van der Waals surface area (Å²) >= 11 is 0. The van der Waals surface area contributed by atoms with Crippen LogP contribution in [0.3, 0.4) is 0 Å². The van der Waals surface area contributed by atoms with E-state index >= 15 is 0 Å². The average Bonchev–Trinajstić information content (AvgIpc) is 3.07. The predicted octanol–water partition coefficient (Wildman–Crippen LogP) is 3.79. The monoisotopic (exact) mass is 474 g/mol. The van der Waals surface area contributed by atoms with Gasteiger partial charge < -0.3 is 14.4 Å². The van der Waals surface area contributed by atoms with E-state index in [0.717, 1.165) is 32.4 Å². The third-order valence-corrected chi connectivity index (χ3v) is 9.18. The van der Waals surface area contributed by atoms with E-state index in [1.165, 1.54) is 18.6 Å². The van der Waals surface area contributed by atoms with E-state index in [4.69, 9.17) is 19.2 Å². The molecule has 0 aromatic heterocycles. The van der Waals surface area contributed by atoms with E-state index < -0.39 is 17.7 Å². The first kappa shape index (κ1) is 22.9. The fraction of sp³-hybridized carbons (Fsp3) is 0.731. The number of benzene rings is 1. The minimum absolute atomic E-state index is 0.0526. The van der Waals surface area contributed by atoms with Crippen LogP contribution < -0.4 is 0 Å². The smallest absolute Gasteiger partial charge is 0.253 e. The second-order valence-electron chi connectivity index (χ2n) is 11.1. The van der Waals surface area contributed by atoms with Crippen LogP contribution in [0.2, 0.25) is 0 Å². The van der Waals surface area contributed by atoms with Gasteiger partial charge in [-0.15, -0.1) is 0 Å². The fourth-order valence-electron chi connectivity index (χ4n) is 7.26. The molecular formula is C26H35FN2O5. The predicted molar refractivity (Wildman–Crippen MR) is 121 cm³/mol. The number of ether oxygens (including phenoxy) is 2. The molecule has 1 aromatic rings. The van der Waals surface area contributed by atoms with Gasteiger partial charge in [-0.1, -0.05) is 13.8 Å². The summed E-state index contributed by atoms with van der Waals surface area (Å²) in [6.07, 6.45) is 3.54. The van der Waals surface area contributed by atoms with E-state index in [1.54, 1.807) is 12.1 Å². The number of piperazine rings is 1. The molecule has 1 aliphatic carbocycles. The zero-order valence-corrected chi connectivity index (χ0v) is 20.2. The number of amides is 1. The Kier molecular flexibility index (Phi) is 5.54. The van der Waals surface area contributed by atoms with Crippen LogP contribution in [-0.4, -0.2) is 65.8 Å². The number of rotatable bonds is 2. The molecule has 5 saturated heterocycles. The second-order valence-corrected chi connectivity index (χ2v) is 11.1. The lowest BCUT2D eigenvalue weighted by Gasteiger charge is -2.61. The van der Waals surface area contributed by atoms with Crippen LogP contribution in [0.1, 0.15) is 56.8 Å². The Morgan fingerprint density at radius 2 is 1.74 bits per heavy atom. The van der Waals surface area contributed by atoms with Gasteiger partial charge >= 0.3 is 0 Å². The molecule has 5 aliphatic heterocycles. The molecular weight excluding hydrogens is 439 g/mol. The van der Waals surface area contributed by atoms with Crippen LogP contribution in [0.5, 0.6) is 0 Å². The number of hydrogen-bond acceptors (Lipinski definition) is 6. The molecule has 1 spiro atoms. The Labute approximate surface area is 200 Å². The molecule has 6 fully saturated rings. The summed E-state index contributed by atoms with van der Waals surface area (Å²) in [6.45, 7) is 9.22. The van der Waals surface area contributed by atoms with Crippen LogP contribution >= 0.6 is 0 Å². The van der Waals surface area contributed by atoms with Gasteiger partial charge in [-0.3, -0.25) is 9.69 Å². The van der Waals surface area contributed by atoms with Crippen molar-refractivity contribution in [3.63, 3.8) is 0 Å². The van der Waals surface area contributed by atoms with Crippen molar-refractivity contribution in [2.24, 2.45) is 23.7 Å². The second kappa shape index (κ2) is 8.23. The normalized spacial score (nSPS) is 44.4. The molecule has 1 amide bonds. The van der Waals surface area contributed by atoms with Crippen molar-refractivity contribution in [2.45, 2.75) is 70.4 Å². The third-order valence-electron chi connectivity index (χ3n) is 9.18. The van der Waals surface area contributed by atoms with Gasteiger partial charge in [0.2, 0.25) is 5.79 Å². The maximum absolute atomic E-state index is 13.2. The molecule has 7 nitrogen and oxygen atoms in total. The van der Waals surface area contributed by atoms with E-state index in [9.17, 15) is 9.18 Å². The van der Waals surface area contributed by atoms with Gasteiger partial charge in [0.05, 0.1) is 0 Å². The molecule has 186 valence electrons. The van der Waals surface area contributed by atoms with Crippen LogP contribution in [0.4, 0.5) is 4.39 Å². The molecule has 5 heterocycles. The molecule has 2 bridgehead atoms. The maximum Gasteiger partial charge on any atom is 0.253 e. The lowest BCUT2D eigenvalue weighted by Crippen LogP contribution is -2.72. The number of carbonyl (C=O) groups excluding carboxylic acids is 1. The summed E-state index contributed by atoms with van der Waals surface area (Å²) in [4.78, 5) is 29.2. The van der Waals surface area contributed by atoms with Crippen LogP contribution in [0.15, 0.2) is 24.3 Å². The van der Waals surface area contributed by atoms with Gasteiger partial charge in [0.1, 0.15) is 12.0 Å². The minimum Gasteiger partial charge on any atom is -0.336 e. The molecule has 0 N–H and O–H groups in total. The summed E-state index contributed by atoms with van der Waals surface area (Å²) in [5.41, 5.74) is -0.0287. The van der Waals surface area contributed by atoms with E-state index in [0.29, 0.717) is 36.4 Å². The summed E-state index contributed by atoms with van der Waals surface area (Å²) in [5, 5.41) is 0. The Morgan fingerprint density at radius 3 is 2.47 bits per heavy atom. The van der Waals surface area contributed by atoms with Crippen molar-refractivity contribution in [1.29, 1.82) is 0 Å². The molecule has 7 rings (SSSR count). The van der Waals surface area contributed by atoms with E-state index in [2.05, 4.69) is 18.7 Å². The third kappa shape index (κ3) is 3.45. The largest absolute Gasteiger partial charge is 0.336 e. The highest BCUT2D eigenvalue weighted by Gasteiger charge is 2.69. The molecule has 6 aliphatic rings. The van der Waals surface area contributed by atoms with Crippen molar-refractivity contribution in [3.05, 3.63) is 35.6 Å². The van der Waals surface area contributed by atoms with Gasteiger partial charge in [-0.05, 0) is 62.3 Å². The van der Waals surface area contributed by atoms with Gasteiger partial charge in [-0.2, -0.15) is 0 Å². The first-order valence-corrected chi connectivity index (χ1v) is 12.8. The maximum atomic E-state index is 13.2. The van der Waals surface area contributed by atoms with Gasteiger partial charge in [0.25, 0.3) is 5.91 Å². The Balaban J connectivity index is 1.19. The van der Waals surface area contributed by atoms with Crippen LogP contribution in [-0.2, 0) is 19.2 Å². The summed E-state index contributed by atoms with van der Waals surface area (Å²) in [7, 11) is 0. The van der Waals surface area contributed by atoms with Gasteiger partial charge in [-0.25, -0.2) is 14.2 Å². The lowest BCUT2D eigenvalue weighted by atomic mass is 9.58. The highest BCUT2D eigenvalue weighted by Crippen LogP contribution is 2.60. The Bertz CT molecular complexity index is 938. The standard InChI is InChI=1S/C26H35FN2O5/c1-16-4-9-21-17(2)23(31-24-26(21)20(16)10-11-25(3,32-24)33-34-26)29-14-12-28(13-15-29)22(30)18-5-7-19(27)8-6-18/h5-8,16-17,20-21,23-24H,4,9-15H2,1-3H3/t16-,17-,20+,21+,23-,24-,25+,26-/m1/s1. The molecule has 0 radical (unpaired) electrons. The number of nitrogens with zero attached hydrogens (tertiary/aromatic N) is 2. The molecule has 8 atom stereocenters. The van der Waals surface area contributed by atoms with E-state index in [-0.39, 0.29) is 23.9 Å². The first-order chi connectivity index (χ1) is 16.3. The van der Waals surface area contributed by atoms with Crippen molar-refractivity contribution in [1.82, 2.24) is 9.80 Å². The van der Waals surface area contributed by atoms with Crippen molar-refractivity contribution < 1.29 is 28.4 Å². The molecule has 8 heteroatoms. The molecule has 0 unspecified atom stereocenters. The highest BCUT2D eigenvalue weighted by molar-refractivity contribution is 5.94. The Hall–Kier alpha value is -1.58. The SMILES string of the molecule is C[C@H]1[C@H](N2CCN(C(=O)c3ccc(F)cc3)CC2)O[C@@H]2O[C@]3(C)CC[C@H]4[C@H](C)CC[C@@H]1[C@@]24OO3. The summed E-state index contributed by atoms with van der Waals surface area (Å²) < 4.78 is 26.5. The molecule has 1 saturated carbocycles. The number of halogens is 1. The van der Waals surface area contributed by atoms with Crippen molar-refractivity contribution in [2.75, 3.05) is 26.2 Å². The van der Waals surface area contributed by atoms with E-state index in [1.807, 2.05) is 11.8 Å².